The molecular weight excluding hydrogens is 392 g/mol. The van der Waals surface area contributed by atoms with Crippen LogP contribution in [0.3, 0.4) is 0 Å². The Balaban J connectivity index is 1.62. The molecule has 166 valence electrons. The van der Waals surface area contributed by atoms with E-state index in [2.05, 4.69) is 92.0 Å². The smallest absolute Gasteiger partial charge is 0.279 e. The van der Waals surface area contributed by atoms with Gasteiger partial charge in [0.25, 0.3) is 5.91 Å². The highest BCUT2D eigenvalue weighted by Crippen LogP contribution is 2.32. The molecule has 3 heteroatoms. The van der Waals surface area contributed by atoms with Crippen molar-refractivity contribution in [1.29, 1.82) is 0 Å². The standard InChI is InChI=1S/C29H34N2O/c1-23-12-11-13-24(2)29(23)30-28(32)22-31(20-25-14-5-3-6-15-25)19-10-9-18-27(21-31)26-16-7-4-8-17-26/h3-8,11-17,27H,9-10,18-22H2,1-2H3/p+1. The predicted molar refractivity (Wildman–Crippen MR) is 133 cm³/mol. The second-order valence-electron chi connectivity index (χ2n) is 9.47. The molecule has 0 aliphatic carbocycles. The topological polar surface area (TPSA) is 29.1 Å². The van der Waals surface area contributed by atoms with Crippen LogP contribution in [0, 0.1) is 13.8 Å². The van der Waals surface area contributed by atoms with Crippen LogP contribution < -0.4 is 5.32 Å². The van der Waals surface area contributed by atoms with Crippen molar-refractivity contribution in [1.82, 2.24) is 0 Å². The Morgan fingerprint density at radius 3 is 2.22 bits per heavy atom. The molecule has 0 spiro atoms. The lowest BCUT2D eigenvalue weighted by Gasteiger charge is -2.39. The molecule has 1 aliphatic rings. The first-order valence-corrected chi connectivity index (χ1v) is 11.8. The summed E-state index contributed by atoms with van der Waals surface area (Å²) in [6.45, 7) is 7.57. The van der Waals surface area contributed by atoms with Gasteiger partial charge in [-0.1, -0.05) is 78.9 Å². The van der Waals surface area contributed by atoms with Crippen molar-refractivity contribution in [2.24, 2.45) is 0 Å². The summed E-state index contributed by atoms with van der Waals surface area (Å²) < 4.78 is 0.806. The first kappa shape index (κ1) is 22.3. The van der Waals surface area contributed by atoms with E-state index >= 15 is 0 Å². The zero-order valence-corrected chi connectivity index (χ0v) is 19.4. The number of benzene rings is 3. The Kier molecular flexibility index (Phi) is 7.06. The van der Waals surface area contributed by atoms with E-state index in [1.54, 1.807) is 0 Å². The fraction of sp³-hybridized carbons (Fsp3) is 0.345. The lowest BCUT2D eigenvalue weighted by molar-refractivity contribution is -0.933. The number of para-hydroxylation sites is 1. The normalized spacial score (nSPS) is 21.0. The molecule has 3 aromatic rings. The van der Waals surface area contributed by atoms with Crippen LogP contribution in [0.4, 0.5) is 5.69 Å². The second-order valence-corrected chi connectivity index (χ2v) is 9.47. The van der Waals surface area contributed by atoms with Crippen molar-refractivity contribution in [3.8, 4) is 0 Å². The Labute approximate surface area is 192 Å². The van der Waals surface area contributed by atoms with E-state index in [0.717, 1.165) is 47.4 Å². The molecule has 1 aliphatic heterocycles. The summed E-state index contributed by atoms with van der Waals surface area (Å²) in [5, 5.41) is 3.26. The van der Waals surface area contributed by atoms with Crippen LogP contribution in [0.1, 0.15) is 47.4 Å². The molecule has 3 nitrogen and oxygen atoms in total. The number of hydrogen-bond donors (Lipinski definition) is 1. The van der Waals surface area contributed by atoms with Gasteiger partial charge in [-0.05, 0) is 49.8 Å². The van der Waals surface area contributed by atoms with Crippen molar-refractivity contribution in [3.63, 3.8) is 0 Å². The summed E-state index contributed by atoms with van der Waals surface area (Å²) in [7, 11) is 0. The van der Waals surface area contributed by atoms with Gasteiger partial charge in [-0.25, -0.2) is 0 Å². The number of quaternary nitrogens is 1. The van der Waals surface area contributed by atoms with E-state index in [9.17, 15) is 4.79 Å². The fourth-order valence-corrected chi connectivity index (χ4v) is 5.29. The molecule has 1 N–H and O–H groups in total. The molecule has 0 bridgehead atoms. The van der Waals surface area contributed by atoms with Gasteiger partial charge in [0, 0.05) is 17.2 Å². The monoisotopic (exact) mass is 427 g/mol. The summed E-state index contributed by atoms with van der Waals surface area (Å²) in [6, 6.07) is 27.7. The minimum Gasteiger partial charge on any atom is -0.321 e. The zero-order chi connectivity index (χ0) is 22.4. The van der Waals surface area contributed by atoms with Gasteiger partial charge in [-0.2, -0.15) is 0 Å². The third kappa shape index (κ3) is 5.46. The van der Waals surface area contributed by atoms with Gasteiger partial charge >= 0.3 is 0 Å². The van der Waals surface area contributed by atoms with E-state index in [1.165, 1.54) is 24.0 Å². The largest absolute Gasteiger partial charge is 0.321 e. The summed E-state index contributed by atoms with van der Waals surface area (Å²) in [5.74, 6) is 0.599. The lowest BCUT2D eigenvalue weighted by atomic mass is 9.93. The second kappa shape index (κ2) is 10.1. The van der Waals surface area contributed by atoms with Gasteiger partial charge in [-0.3, -0.25) is 4.79 Å². The molecule has 32 heavy (non-hydrogen) atoms. The molecular formula is C29H35N2O+. The van der Waals surface area contributed by atoms with E-state index < -0.39 is 0 Å². The summed E-state index contributed by atoms with van der Waals surface area (Å²) in [5.41, 5.74) is 5.91. The maximum Gasteiger partial charge on any atom is 0.279 e. The molecule has 1 amide bonds. The molecule has 2 atom stereocenters. The highest BCUT2D eigenvalue weighted by molar-refractivity contribution is 5.93. The molecule has 0 radical (unpaired) electrons. The van der Waals surface area contributed by atoms with E-state index in [4.69, 9.17) is 0 Å². The van der Waals surface area contributed by atoms with E-state index in [0.29, 0.717) is 12.5 Å². The number of amides is 1. The van der Waals surface area contributed by atoms with Crippen molar-refractivity contribution in [3.05, 3.63) is 101 Å². The van der Waals surface area contributed by atoms with Gasteiger partial charge in [-0.15, -0.1) is 0 Å². The maximum absolute atomic E-state index is 13.4. The van der Waals surface area contributed by atoms with Crippen LogP contribution in [-0.2, 0) is 11.3 Å². The number of aryl methyl sites for hydroxylation is 2. The van der Waals surface area contributed by atoms with E-state index in [1.807, 2.05) is 6.07 Å². The quantitative estimate of drug-likeness (QED) is 0.464. The van der Waals surface area contributed by atoms with Gasteiger partial charge < -0.3 is 9.80 Å². The number of nitrogens with one attached hydrogen (secondary N) is 1. The van der Waals surface area contributed by atoms with E-state index in [-0.39, 0.29) is 5.91 Å². The van der Waals surface area contributed by atoms with Gasteiger partial charge in [0.15, 0.2) is 6.54 Å². The van der Waals surface area contributed by atoms with Crippen LogP contribution in [0.5, 0.6) is 0 Å². The molecule has 1 heterocycles. The van der Waals surface area contributed by atoms with Crippen molar-refractivity contribution >= 4 is 11.6 Å². The minimum atomic E-state index is 0.118. The number of hydrogen-bond acceptors (Lipinski definition) is 1. The third-order valence-electron chi connectivity index (χ3n) is 6.90. The molecule has 4 rings (SSSR count). The Bertz CT molecular complexity index is 1010. The Hall–Kier alpha value is -2.91. The third-order valence-corrected chi connectivity index (χ3v) is 6.90. The van der Waals surface area contributed by atoms with Crippen LogP contribution in [0.15, 0.2) is 78.9 Å². The average Bonchev–Trinajstić information content (AvgIpc) is 3.00. The molecule has 1 fully saturated rings. The molecule has 0 aromatic heterocycles. The first-order chi connectivity index (χ1) is 15.5. The van der Waals surface area contributed by atoms with Crippen LogP contribution in [-0.4, -0.2) is 30.0 Å². The number of nitrogens with zero attached hydrogens (tertiary/aromatic N) is 1. The maximum atomic E-state index is 13.4. The zero-order valence-electron chi connectivity index (χ0n) is 19.4. The Morgan fingerprint density at radius 1 is 0.875 bits per heavy atom. The van der Waals surface area contributed by atoms with Crippen molar-refractivity contribution < 1.29 is 9.28 Å². The number of carbonyl (C=O) groups excluding carboxylic acids is 1. The molecule has 2 unspecified atom stereocenters. The van der Waals surface area contributed by atoms with Crippen LogP contribution in [0.25, 0.3) is 0 Å². The number of rotatable bonds is 6. The number of anilines is 1. The minimum absolute atomic E-state index is 0.118. The summed E-state index contributed by atoms with van der Waals surface area (Å²) in [6.07, 6.45) is 3.57. The average molecular weight is 428 g/mol. The van der Waals surface area contributed by atoms with Gasteiger partial charge in [0.1, 0.15) is 6.54 Å². The van der Waals surface area contributed by atoms with Gasteiger partial charge in [0.2, 0.25) is 0 Å². The van der Waals surface area contributed by atoms with Crippen molar-refractivity contribution in [2.75, 3.05) is 25.0 Å². The highest BCUT2D eigenvalue weighted by atomic mass is 16.2. The number of likely N-dealkylation sites (tertiary alicyclic amines) is 1. The van der Waals surface area contributed by atoms with Crippen molar-refractivity contribution in [2.45, 2.75) is 45.6 Å². The Morgan fingerprint density at radius 2 is 1.53 bits per heavy atom. The lowest BCUT2D eigenvalue weighted by Crippen LogP contribution is -2.53. The SMILES string of the molecule is Cc1cccc(C)c1NC(=O)C[N+]1(Cc2ccccc2)CCCCC(c2ccccc2)C1. The summed E-state index contributed by atoms with van der Waals surface area (Å²) >= 11 is 0. The highest BCUT2D eigenvalue weighted by Gasteiger charge is 2.36. The number of carbonyl (C=O) groups is 1. The fourth-order valence-electron chi connectivity index (χ4n) is 5.29. The predicted octanol–water partition coefficient (Wildman–Crippen LogP) is 6.23. The first-order valence-electron chi connectivity index (χ1n) is 11.8. The molecule has 3 aromatic carbocycles. The van der Waals surface area contributed by atoms with Gasteiger partial charge in [0.05, 0.1) is 13.1 Å². The summed E-state index contributed by atoms with van der Waals surface area (Å²) in [4.78, 5) is 13.4. The molecule has 1 saturated heterocycles. The molecule has 0 saturated carbocycles. The van der Waals surface area contributed by atoms with Crippen LogP contribution >= 0.6 is 0 Å². The van der Waals surface area contributed by atoms with Crippen LogP contribution in [0.2, 0.25) is 0 Å².